The van der Waals surface area contributed by atoms with Crippen LogP contribution in [0.4, 0.5) is 0 Å². The molecule has 2 N–H and O–H groups in total. The molecule has 6 nitrogen and oxygen atoms in total. The lowest BCUT2D eigenvalue weighted by atomic mass is 9.96. The Balaban J connectivity index is 1.27. The van der Waals surface area contributed by atoms with Crippen LogP contribution in [0, 0.1) is 5.92 Å². The molecule has 3 aromatic rings. The first-order valence-corrected chi connectivity index (χ1v) is 10.4. The third-order valence-corrected chi connectivity index (χ3v) is 5.84. The molecule has 1 aromatic heterocycles. The monoisotopic (exact) mass is 412 g/mol. The Morgan fingerprint density at radius 1 is 1.14 bits per heavy atom. The summed E-state index contributed by atoms with van der Waals surface area (Å²) in [6, 6.07) is 15.6. The molecule has 152 valence electrons. The SMILES string of the molecule is NC(=O)C1CCN(CCCOc2ccc(-n3nc4ccccc4c3Cl)cc2)CC1. The van der Waals surface area contributed by atoms with E-state index in [2.05, 4.69) is 10.00 Å². The van der Waals surface area contributed by atoms with Crippen LogP contribution in [0.1, 0.15) is 19.3 Å². The van der Waals surface area contributed by atoms with Crippen molar-refractivity contribution < 1.29 is 9.53 Å². The van der Waals surface area contributed by atoms with Crippen LogP contribution in [-0.4, -0.2) is 46.8 Å². The number of nitrogens with zero attached hydrogens (tertiary/aromatic N) is 3. The number of hydrogen-bond donors (Lipinski definition) is 1. The number of likely N-dealkylation sites (tertiary alicyclic amines) is 1. The topological polar surface area (TPSA) is 73.4 Å². The van der Waals surface area contributed by atoms with E-state index < -0.39 is 0 Å². The van der Waals surface area contributed by atoms with Crippen molar-refractivity contribution in [1.29, 1.82) is 0 Å². The number of benzene rings is 2. The van der Waals surface area contributed by atoms with E-state index in [1.54, 1.807) is 4.68 Å². The maximum Gasteiger partial charge on any atom is 0.220 e. The van der Waals surface area contributed by atoms with Gasteiger partial charge in [0, 0.05) is 17.8 Å². The second-order valence-corrected chi connectivity index (χ2v) is 7.79. The molecule has 0 aliphatic carbocycles. The summed E-state index contributed by atoms with van der Waals surface area (Å²) < 4.78 is 7.61. The van der Waals surface area contributed by atoms with Gasteiger partial charge in [-0.3, -0.25) is 4.79 Å². The molecule has 4 rings (SSSR count). The van der Waals surface area contributed by atoms with Crippen LogP contribution in [0.3, 0.4) is 0 Å². The van der Waals surface area contributed by atoms with Gasteiger partial charge in [-0.15, -0.1) is 0 Å². The van der Waals surface area contributed by atoms with E-state index in [-0.39, 0.29) is 11.8 Å². The fourth-order valence-corrected chi connectivity index (χ4v) is 4.07. The van der Waals surface area contributed by atoms with Crippen LogP contribution in [0.25, 0.3) is 16.6 Å². The molecule has 0 bridgehead atoms. The van der Waals surface area contributed by atoms with Gasteiger partial charge in [-0.05, 0) is 68.8 Å². The molecule has 2 aromatic carbocycles. The van der Waals surface area contributed by atoms with Gasteiger partial charge < -0.3 is 15.4 Å². The van der Waals surface area contributed by atoms with E-state index in [9.17, 15) is 4.79 Å². The van der Waals surface area contributed by atoms with Crippen LogP contribution in [0.5, 0.6) is 5.75 Å². The summed E-state index contributed by atoms with van der Waals surface area (Å²) >= 11 is 6.47. The fourth-order valence-electron chi connectivity index (χ4n) is 3.77. The molecule has 1 aliphatic rings. The largest absolute Gasteiger partial charge is 0.494 e. The minimum Gasteiger partial charge on any atom is -0.494 e. The van der Waals surface area contributed by atoms with Crippen molar-refractivity contribution in [3.05, 3.63) is 53.7 Å². The van der Waals surface area contributed by atoms with Gasteiger partial charge in [0.25, 0.3) is 0 Å². The zero-order valence-electron chi connectivity index (χ0n) is 16.3. The zero-order chi connectivity index (χ0) is 20.2. The van der Waals surface area contributed by atoms with Gasteiger partial charge in [0.05, 0.1) is 17.8 Å². The van der Waals surface area contributed by atoms with Gasteiger partial charge in [0.15, 0.2) is 0 Å². The first kappa shape index (κ1) is 19.7. The number of piperidine rings is 1. The summed E-state index contributed by atoms with van der Waals surface area (Å²) in [5, 5.41) is 6.11. The number of nitrogens with two attached hydrogens (primary N) is 1. The third-order valence-electron chi connectivity index (χ3n) is 5.48. The average Bonchev–Trinajstić information content (AvgIpc) is 3.09. The van der Waals surface area contributed by atoms with E-state index in [4.69, 9.17) is 22.1 Å². The highest BCUT2D eigenvalue weighted by molar-refractivity contribution is 6.34. The Bertz CT molecular complexity index is 978. The molecule has 0 unspecified atom stereocenters. The predicted molar refractivity (Wildman–Crippen MR) is 115 cm³/mol. The molecule has 0 spiro atoms. The third kappa shape index (κ3) is 4.54. The van der Waals surface area contributed by atoms with Gasteiger partial charge >= 0.3 is 0 Å². The molecule has 1 amide bonds. The molecule has 0 radical (unpaired) electrons. The van der Waals surface area contributed by atoms with Crippen LogP contribution in [0.15, 0.2) is 48.5 Å². The first-order chi connectivity index (χ1) is 14.1. The molecule has 1 saturated heterocycles. The summed E-state index contributed by atoms with van der Waals surface area (Å²) in [4.78, 5) is 13.6. The van der Waals surface area contributed by atoms with Crippen molar-refractivity contribution in [1.82, 2.24) is 14.7 Å². The molecule has 0 atom stereocenters. The molecular formula is C22H25ClN4O2. The quantitative estimate of drug-likeness (QED) is 0.601. The molecule has 1 aliphatic heterocycles. The number of aromatic nitrogens is 2. The second-order valence-electron chi connectivity index (χ2n) is 7.43. The number of carbonyl (C=O) groups is 1. The first-order valence-electron chi connectivity index (χ1n) is 10.00. The zero-order valence-corrected chi connectivity index (χ0v) is 17.0. The molecule has 7 heteroatoms. The Morgan fingerprint density at radius 3 is 2.55 bits per heavy atom. The smallest absolute Gasteiger partial charge is 0.220 e. The van der Waals surface area contributed by atoms with Crippen LogP contribution in [-0.2, 0) is 4.79 Å². The summed E-state index contributed by atoms with van der Waals surface area (Å²) in [5.41, 5.74) is 7.16. The van der Waals surface area contributed by atoms with Gasteiger partial charge in [-0.2, -0.15) is 5.10 Å². The number of amides is 1. The lowest BCUT2D eigenvalue weighted by molar-refractivity contribution is -0.123. The number of halogens is 1. The average molecular weight is 413 g/mol. The summed E-state index contributed by atoms with van der Waals surface area (Å²) in [5.74, 6) is 0.705. The minimum absolute atomic E-state index is 0.0434. The van der Waals surface area contributed by atoms with Crippen molar-refractivity contribution in [3.63, 3.8) is 0 Å². The van der Waals surface area contributed by atoms with Crippen LogP contribution < -0.4 is 10.5 Å². The number of primary amides is 1. The number of fused-ring (bicyclic) bond motifs is 1. The lowest BCUT2D eigenvalue weighted by Gasteiger charge is -2.30. The van der Waals surface area contributed by atoms with Crippen molar-refractivity contribution in [2.75, 3.05) is 26.2 Å². The molecule has 0 saturated carbocycles. The highest BCUT2D eigenvalue weighted by Crippen LogP contribution is 2.26. The van der Waals surface area contributed by atoms with Crippen molar-refractivity contribution in [3.8, 4) is 11.4 Å². The molecule has 2 heterocycles. The predicted octanol–water partition coefficient (Wildman–Crippen LogP) is 3.65. The van der Waals surface area contributed by atoms with Gasteiger partial charge in [0.2, 0.25) is 5.91 Å². The number of rotatable bonds is 7. The normalized spacial score (nSPS) is 15.6. The molecule has 29 heavy (non-hydrogen) atoms. The van der Waals surface area contributed by atoms with Gasteiger partial charge in [-0.25, -0.2) is 4.68 Å². The standard InChI is InChI=1S/C22H25ClN4O2/c23-21-19-4-1-2-5-20(19)25-27(21)17-6-8-18(9-7-17)29-15-3-12-26-13-10-16(11-14-26)22(24)28/h1-2,4-9,16H,3,10-15H2,(H2,24,28). The van der Waals surface area contributed by atoms with Gasteiger partial charge in [-0.1, -0.05) is 23.7 Å². The maximum absolute atomic E-state index is 11.2. The van der Waals surface area contributed by atoms with E-state index in [0.29, 0.717) is 11.8 Å². The summed E-state index contributed by atoms with van der Waals surface area (Å²) in [7, 11) is 0. The maximum atomic E-state index is 11.2. The summed E-state index contributed by atoms with van der Waals surface area (Å²) in [6.07, 6.45) is 2.67. The highest BCUT2D eigenvalue weighted by Gasteiger charge is 2.22. The lowest BCUT2D eigenvalue weighted by Crippen LogP contribution is -2.39. The van der Waals surface area contributed by atoms with E-state index in [1.165, 1.54) is 0 Å². The van der Waals surface area contributed by atoms with E-state index in [1.807, 2.05) is 48.5 Å². The number of ether oxygens (including phenoxy) is 1. The van der Waals surface area contributed by atoms with Crippen molar-refractivity contribution in [2.24, 2.45) is 11.7 Å². The van der Waals surface area contributed by atoms with Gasteiger partial charge in [0.1, 0.15) is 10.9 Å². The Morgan fingerprint density at radius 2 is 1.86 bits per heavy atom. The van der Waals surface area contributed by atoms with E-state index in [0.717, 1.165) is 61.2 Å². The minimum atomic E-state index is -0.166. The second kappa shape index (κ2) is 8.84. The van der Waals surface area contributed by atoms with Crippen molar-refractivity contribution in [2.45, 2.75) is 19.3 Å². The molecule has 1 fully saturated rings. The van der Waals surface area contributed by atoms with Crippen LogP contribution in [0.2, 0.25) is 5.15 Å². The fraction of sp³-hybridized carbons (Fsp3) is 0.364. The molecular weight excluding hydrogens is 388 g/mol. The van der Waals surface area contributed by atoms with Crippen LogP contribution >= 0.6 is 11.6 Å². The Labute approximate surface area is 175 Å². The number of carbonyl (C=O) groups excluding carboxylic acids is 1. The van der Waals surface area contributed by atoms with Crippen molar-refractivity contribution >= 4 is 28.4 Å². The van der Waals surface area contributed by atoms with E-state index >= 15 is 0 Å². The Hall–Kier alpha value is -2.57. The Kier molecular flexibility index (Phi) is 6.02. The summed E-state index contributed by atoms with van der Waals surface area (Å²) in [6.45, 7) is 3.49. The number of hydrogen-bond acceptors (Lipinski definition) is 4. The highest BCUT2D eigenvalue weighted by atomic mass is 35.5.